The monoisotopic (exact) mass is 469 g/mol. The molecule has 1 unspecified atom stereocenters. The van der Waals surface area contributed by atoms with E-state index in [0.29, 0.717) is 5.02 Å². The van der Waals surface area contributed by atoms with E-state index in [1.165, 1.54) is 6.33 Å². The third kappa shape index (κ3) is 4.01. The van der Waals surface area contributed by atoms with E-state index in [9.17, 15) is 14.4 Å². The Labute approximate surface area is 197 Å². The van der Waals surface area contributed by atoms with Gasteiger partial charge >= 0.3 is 0 Å². The summed E-state index contributed by atoms with van der Waals surface area (Å²) in [6.45, 7) is 2.33. The van der Waals surface area contributed by atoms with Crippen molar-refractivity contribution in [2.24, 2.45) is 0 Å². The molecule has 2 aromatic rings. The zero-order chi connectivity index (χ0) is 23.2. The van der Waals surface area contributed by atoms with Crippen molar-refractivity contribution in [3.05, 3.63) is 52.6 Å². The van der Waals surface area contributed by atoms with Crippen molar-refractivity contribution < 1.29 is 14.4 Å². The van der Waals surface area contributed by atoms with Gasteiger partial charge in [-0.15, -0.1) is 0 Å². The fourth-order valence-corrected chi connectivity index (χ4v) is 5.24. The molecule has 9 heteroatoms. The largest absolute Gasteiger partial charge is 0.351 e. The lowest BCUT2D eigenvalue weighted by Gasteiger charge is -2.44. The summed E-state index contributed by atoms with van der Waals surface area (Å²) in [5.41, 5.74) is 0.0863. The minimum absolute atomic E-state index is 0.0134. The van der Waals surface area contributed by atoms with Gasteiger partial charge in [-0.2, -0.15) is 0 Å². The van der Waals surface area contributed by atoms with Crippen molar-refractivity contribution in [2.45, 2.75) is 76.2 Å². The number of halogens is 1. The van der Waals surface area contributed by atoms with Gasteiger partial charge < -0.3 is 20.1 Å². The lowest BCUT2D eigenvalue weighted by atomic mass is 9.93. The van der Waals surface area contributed by atoms with Crippen LogP contribution in [-0.4, -0.2) is 49.8 Å². The Bertz CT molecular complexity index is 1110. The molecule has 3 aliphatic rings. The zero-order valence-corrected chi connectivity index (χ0v) is 19.4. The van der Waals surface area contributed by atoms with Gasteiger partial charge in [0.25, 0.3) is 11.8 Å². The summed E-state index contributed by atoms with van der Waals surface area (Å²) >= 11 is 6.18. The predicted octanol–water partition coefficient (Wildman–Crippen LogP) is 2.90. The average Bonchev–Trinajstić information content (AvgIpc) is 3.30. The second-order valence-electron chi connectivity index (χ2n) is 9.48. The Hall–Kier alpha value is -2.87. The van der Waals surface area contributed by atoms with Gasteiger partial charge in [0.2, 0.25) is 5.91 Å². The molecule has 8 nitrogen and oxygen atoms in total. The van der Waals surface area contributed by atoms with E-state index >= 15 is 0 Å². The topological polar surface area (TPSA) is 96.3 Å². The number of benzene rings is 1. The number of hydrogen-bond acceptors (Lipinski definition) is 4. The average molecular weight is 470 g/mol. The SMILES string of the molecule is CC1(C(=O)NC2CCCC2)Cn2cnc(C(=O)NCc3ccccc3Cl)c2C(=O)N1C1CC1. The highest BCUT2D eigenvalue weighted by atomic mass is 35.5. The van der Waals surface area contributed by atoms with Crippen molar-refractivity contribution >= 4 is 29.3 Å². The minimum Gasteiger partial charge on any atom is -0.351 e. The quantitative estimate of drug-likeness (QED) is 0.679. The maximum absolute atomic E-state index is 13.7. The molecule has 0 bridgehead atoms. The van der Waals surface area contributed by atoms with E-state index in [2.05, 4.69) is 15.6 Å². The Kier molecular flexibility index (Phi) is 5.64. The summed E-state index contributed by atoms with van der Waals surface area (Å²) in [5.74, 6) is -0.876. The van der Waals surface area contributed by atoms with Crippen LogP contribution >= 0.6 is 11.6 Å². The van der Waals surface area contributed by atoms with Crippen LogP contribution in [0.4, 0.5) is 0 Å². The van der Waals surface area contributed by atoms with Crippen LogP contribution in [-0.2, 0) is 17.9 Å². The van der Waals surface area contributed by atoms with Crippen LogP contribution in [0.1, 0.15) is 72.0 Å². The van der Waals surface area contributed by atoms with Gasteiger partial charge in [0, 0.05) is 23.7 Å². The molecule has 2 saturated carbocycles. The molecule has 1 atom stereocenters. The lowest BCUT2D eigenvalue weighted by molar-refractivity contribution is -0.134. The molecule has 2 fully saturated rings. The number of nitrogens with zero attached hydrogens (tertiary/aromatic N) is 3. The van der Waals surface area contributed by atoms with Crippen molar-refractivity contribution in [1.82, 2.24) is 25.1 Å². The van der Waals surface area contributed by atoms with Gasteiger partial charge in [-0.05, 0) is 44.2 Å². The molecule has 0 spiro atoms. The Balaban J connectivity index is 1.39. The van der Waals surface area contributed by atoms with Crippen molar-refractivity contribution in [3.63, 3.8) is 0 Å². The molecule has 33 heavy (non-hydrogen) atoms. The standard InChI is InChI=1S/C24H28ClN5O3/c1-24(23(33)28-16-7-3-4-8-16)13-29-14-27-19(20(29)22(32)30(24)17-10-11-17)21(31)26-12-15-6-2-5-9-18(15)25/h2,5-6,9,14,16-17H,3-4,7-8,10-13H2,1H3,(H,26,31)(H,28,33). The van der Waals surface area contributed by atoms with Crippen LogP contribution in [0.5, 0.6) is 0 Å². The van der Waals surface area contributed by atoms with Crippen LogP contribution in [0.3, 0.4) is 0 Å². The number of aromatic nitrogens is 2. The van der Waals surface area contributed by atoms with Crippen LogP contribution in [0.25, 0.3) is 0 Å². The van der Waals surface area contributed by atoms with Gasteiger partial charge in [0.1, 0.15) is 11.2 Å². The van der Waals surface area contributed by atoms with Crippen LogP contribution < -0.4 is 10.6 Å². The number of carbonyl (C=O) groups excluding carboxylic acids is 3. The van der Waals surface area contributed by atoms with Gasteiger partial charge in [-0.25, -0.2) is 4.98 Å². The summed E-state index contributed by atoms with van der Waals surface area (Å²) in [4.78, 5) is 45.9. The van der Waals surface area contributed by atoms with Crippen molar-refractivity contribution in [2.75, 3.05) is 0 Å². The van der Waals surface area contributed by atoms with E-state index < -0.39 is 11.4 Å². The Morgan fingerprint density at radius 3 is 2.61 bits per heavy atom. The van der Waals surface area contributed by atoms with E-state index in [1.54, 1.807) is 15.5 Å². The first-order valence-electron chi connectivity index (χ1n) is 11.6. The first-order valence-corrected chi connectivity index (χ1v) is 12.0. The summed E-state index contributed by atoms with van der Waals surface area (Å²) in [6.07, 6.45) is 7.40. The maximum Gasteiger partial charge on any atom is 0.274 e. The molecule has 1 aromatic carbocycles. The van der Waals surface area contributed by atoms with Crippen molar-refractivity contribution in [3.8, 4) is 0 Å². The van der Waals surface area contributed by atoms with Crippen LogP contribution in [0.15, 0.2) is 30.6 Å². The highest BCUT2D eigenvalue weighted by Crippen LogP contribution is 2.39. The molecule has 174 valence electrons. The number of hydrogen-bond donors (Lipinski definition) is 2. The number of carbonyl (C=O) groups is 3. The Morgan fingerprint density at radius 2 is 1.91 bits per heavy atom. The summed E-state index contributed by atoms with van der Waals surface area (Å²) in [6, 6.07) is 7.45. The third-order valence-electron chi connectivity index (χ3n) is 6.97. The molecular formula is C24H28ClN5O3. The molecule has 2 aliphatic carbocycles. The fraction of sp³-hybridized carbons (Fsp3) is 0.500. The molecule has 3 amide bonds. The minimum atomic E-state index is -1.01. The number of nitrogens with one attached hydrogen (secondary N) is 2. The predicted molar refractivity (Wildman–Crippen MR) is 123 cm³/mol. The first-order chi connectivity index (χ1) is 15.9. The van der Waals surface area contributed by atoms with Crippen molar-refractivity contribution in [1.29, 1.82) is 0 Å². The summed E-state index contributed by atoms with van der Waals surface area (Å²) in [5, 5.41) is 6.54. The van der Waals surface area contributed by atoms with Gasteiger partial charge in [-0.3, -0.25) is 14.4 Å². The number of amides is 3. The third-order valence-corrected chi connectivity index (χ3v) is 7.34. The fourth-order valence-electron chi connectivity index (χ4n) is 5.03. The molecule has 5 rings (SSSR count). The lowest BCUT2D eigenvalue weighted by Crippen LogP contribution is -2.65. The molecule has 0 radical (unpaired) electrons. The first kappa shape index (κ1) is 21.9. The van der Waals surface area contributed by atoms with E-state index in [1.807, 2.05) is 25.1 Å². The molecule has 1 aromatic heterocycles. The summed E-state index contributed by atoms with van der Waals surface area (Å²) in [7, 11) is 0. The molecular weight excluding hydrogens is 442 g/mol. The van der Waals surface area contributed by atoms with Crippen LogP contribution in [0, 0.1) is 0 Å². The van der Waals surface area contributed by atoms with E-state index in [0.717, 1.165) is 44.1 Å². The molecule has 1 aliphatic heterocycles. The van der Waals surface area contributed by atoms with Gasteiger partial charge in [0.15, 0.2) is 5.69 Å². The molecule has 2 heterocycles. The molecule has 2 N–H and O–H groups in total. The Morgan fingerprint density at radius 1 is 1.18 bits per heavy atom. The second kappa shape index (κ2) is 8.48. The van der Waals surface area contributed by atoms with Gasteiger partial charge in [-0.1, -0.05) is 42.6 Å². The smallest absolute Gasteiger partial charge is 0.274 e. The highest BCUT2D eigenvalue weighted by molar-refractivity contribution is 6.31. The maximum atomic E-state index is 13.7. The number of fused-ring (bicyclic) bond motifs is 1. The van der Waals surface area contributed by atoms with Gasteiger partial charge in [0.05, 0.1) is 12.9 Å². The highest BCUT2D eigenvalue weighted by Gasteiger charge is 2.54. The van der Waals surface area contributed by atoms with E-state index in [-0.39, 0.29) is 48.4 Å². The normalized spacial score (nSPS) is 22.8. The zero-order valence-electron chi connectivity index (χ0n) is 18.6. The number of imidazole rings is 1. The van der Waals surface area contributed by atoms with Crippen LogP contribution in [0.2, 0.25) is 5.02 Å². The van der Waals surface area contributed by atoms with E-state index in [4.69, 9.17) is 11.6 Å². The number of rotatable bonds is 6. The molecule has 0 saturated heterocycles. The second-order valence-corrected chi connectivity index (χ2v) is 9.89. The summed E-state index contributed by atoms with van der Waals surface area (Å²) < 4.78 is 1.65.